The number of hydrogen-bond acceptors (Lipinski definition) is 2. The van der Waals surface area contributed by atoms with Crippen LogP contribution in [-0.2, 0) is 13.0 Å². The molecule has 1 atom stereocenters. The lowest BCUT2D eigenvalue weighted by atomic mass is 10.1. The molecule has 16 heavy (non-hydrogen) atoms. The molecule has 1 aromatic carbocycles. The molecular formula is C12H13ClN2O. The first-order valence-corrected chi connectivity index (χ1v) is 5.54. The van der Waals surface area contributed by atoms with Gasteiger partial charge in [-0.3, -0.25) is 0 Å². The highest BCUT2D eigenvalue weighted by atomic mass is 35.5. The van der Waals surface area contributed by atoms with E-state index in [1.54, 1.807) is 17.1 Å². The van der Waals surface area contributed by atoms with Crippen LogP contribution < -0.4 is 0 Å². The lowest BCUT2D eigenvalue weighted by Gasteiger charge is -2.13. The molecule has 0 aliphatic carbocycles. The normalized spacial score (nSPS) is 12.6. The van der Waals surface area contributed by atoms with Crippen LogP contribution in [0.1, 0.15) is 16.8 Å². The summed E-state index contributed by atoms with van der Waals surface area (Å²) in [5.74, 6) is 0. The van der Waals surface area contributed by atoms with Crippen LogP contribution in [0.4, 0.5) is 0 Å². The molecular weight excluding hydrogens is 224 g/mol. The quantitative estimate of drug-likeness (QED) is 0.828. The second-order valence-corrected chi connectivity index (χ2v) is 4.08. The average Bonchev–Trinajstić information content (AvgIpc) is 2.78. The molecule has 0 amide bonds. The van der Waals surface area contributed by atoms with E-state index >= 15 is 0 Å². The monoisotopic (exact) mass is 236 g/mol. The van der Waals surface area contributed by atoms with Crippen molar-refractivity contribution in [2.45, 2.75) is 18.5 Å². The lowest BCUT2D eigenvalue weighted by molar-refractivity contribution is 0.270. The van der Waals surface area contributed by atoms with Crippen LogP contribution in [-0.4, -0.2) is 14.7 Å². The summed E-state index contributed by atoms with van der Waals surface area (Å²) in [6, 6.07) is 10.0. The molecule has 0 radical (unpaired) electrons. The Kier molecular flexibility index (Phi) is 3.59. The van der Waals surface area contributed by atoms with Crippen molar-refractivity contribution in [3.05, 3.63) is 54.1 Å². The molecule has 4 heteroatoms. The first kappa shape index (κ1) is 11.2. The van der Waals surface area contributed by atoms with Gasteiger partial charge in [0.2, 0.25) is 0 Å². The minimum Gasteiger partial charge on any atom is -0.390 e. The number of aromatic nitrogens is 2. The predicted octanol–water partition coefficient (Wildman–Crippen LogP) is 2.36. The minimum atomic E-state index is -0.216. The predicted molar refractivity (Wildman–Crippen MR) is 63.2 cm³/mol. The maximum atomic E-state index is 9.10. The fraction of sp³-hybridized carbons (Fsp3) is 0.250. The molecule has 3 nitrogen and oxygen atoms in total. The van der Waals surface area contributed by atoms with E-state index in [1.807, 2.05) is 30.3 Å². The number of rotatable bonds is 4. The fourth-order valence-electron chi connectivity index (χ4n) is 1.61. The second kappa shape index (κ2) is 5.14. The van der Waals surface area contributed by atoms with E-state index in [-0.39, 0.29) is 12.1 Å². The minimum absolute atomic E-state index is 0.0436. The standard InChI is InChI=1S/C12H13ClN2O/c13-12(6-10-4-2-1-3-5-10)15-9-14-7-11(15)8-16/h1-5,7,9,12,16H,6,8H2. The van der Waals surface area contributed by atoms with E-state index in [9.17, 15) is 0 Å². The summed E-state index contributed by atoms with van der Waals surface area (Å²) >= 11 is 6.28. The third-order valence-corrected chi connectivity index (χ3v) is 2.82. The highest BCUT2D eigenvalue weighted by molar-refractivity contribution is 6.19. The summed E-state index contributed by atoms with van der Waals surface area (Å²) in [6.07, 6.45) is 3.98. The van der Waals surface area contributed by atoms with Gasteiger partial charge in [0.15, 0.2) is 0 Å². The van der Waals surface area contributed by atoms with Crippen molar-refractivity contribution in [3.63, 3.8) is 0 Å². The van der Waals surface area contributed by atoms with Gasteiger partial charge in [0, 0.05) is 6.42 Å². The Hall–Kier alpha value is -1.32. The van der Waals surface area contributed by atoms with Gasteiger partial charge in [-0.1, -0.05) is 41.9 Å². The fourth-order valence-corrected chi connectivity index (χ4v) is 1.97. The number of nitrogens with zero attached hydrogens (tertiary/aromatic N) is 2. The Balaban J connectivity index is 2.11. The Labute approximate surface area is 99.3 Å². The summed E-state index contributed by atoms with van der Waals surface area (Å²) in [6.45, 7) is -0.0436. The van der Waals surface area contributed by atoms with Gasteiger partial charge in [0.1, 0.15) is 5.50 Å². The molecule has 1 heterocycles. The van der Waals surface area contributed by atoms with Crippen molar-refractivity contribution in [3.8, 4) is 0 Å². The molecule has 0 saturated carbocycles. The topological polar surface area (TPSA) is 38.1 Å². The maximum absolute atomic E-state index is 9.10. The van der Waals surface area contributed by atoms with Crippen molar-refractivity contribution in [2.24, 2.45) is 0 Å². The summed E-state index contributed by atoms with van der Waals surface area (Å²) in [4.78, 5) is 3.97. The number of halogens is 1. The van der Waals surface area contributed by atoms with Gasteiger partial charge in [0.25, 0.3) is 0 Å². The molecule has 0 bridgehead atoms. The molecule has 2 rings (SSSR count). The Bertz CT molecular complexity index is 441. The summed E-state index contributed by atoms with van der Waals surface area (Å²) in [7, 11) is 0. The van der Waals surface area contributed by atoms with Gasteiger partial charge in [-0.05, 0) is 5.56 Å². The molecule has 0 aliphatic heterocycles. The average molecular weight is 237 g/mol. The van der Waals surface area contributed by atoms with Gasteiger partial charge >= 0.3 is 0 Å². The zero-order valence-electron chi connectivity index (χ0n) is 8.75. The first-order valence-electron chi connectivity index (χ1n) is 5.11. The summed E-state index contributed by atoms with van der Waals surface area (Å²) < 4.78 is 1.79. The smallest absolute Gasteiger partial charge is 0.113 e. The largest absolute Gasteiger partial charge is 0.390 e. The van der Waals surface area contributed by atoms with Crippen molar-refractivity contribution in [1.82, 2.24) is 9.55 Å². The van der Waals surface area contributed by atoms with Crippen molar-refractivity contribution in [1.29, 1.82) is 0 Å². The molecule has 84 valence electrons. The van der Waals surface area contributed by atoms with Gasteiger partial charge in [-0.15, -0.1) is 0 Å². The molecule has 0 fully saturated rings. The van der Waals surface area contributed by atoms with Crippen LogP contribution in [0.2, 0.25) is 0 Å². The van der Waals surface area contributed by atoms with Crippen LogP contribution >= 0.6 is 11.6 Å². The Morgan fingerprint density at radius 2 is 2.06 bits per heavy atom. The SMILES string of the molecule is OCc1cncn1C(Cl)Cc1ccccc1. The number of aliphatic hydroxyl groups excluding tert-OH is 1. The Morgan fingerprint density at radius 1 is 1.31 bits per heavy atom. The van der Waals surface area contributed by atoms with E-state index in [1.165, 1.54) is 5.56 Å². The maximum Gasteiger partial charge on any atom is 0.113 e. The molecule has 0 spiro atoms. The van der Waals surface area contributed by atoms with Crippen molar-refractivity contribution in [2.75, 3.05) is 0 Å². The third kappa shape index (κ3) is 2.43. The molecule has 1 N–H and O–H groups in total. The number of aliphatic hydroxyl groups is 1. The first-order chi connectivity index (χ1) is 7.81. The van der Waals surface area contributed by atoms with Crippen molar-refractivity contribution < 1.29 is 5.11 Å². The zero-order valence-corrected chi connectivity index (χ0v) is 9.51. The highest BCUT2D eigenvalue weighted by Gasteiger charge is 2.11. The molecule has 0 aliphatic rings. The van der Waals surface area contributed by atoms with Crippen LogP contribution in [0.15, 0.2) is 42.9 Å². The van der Waals surface area contributed by atoms with Crippen LogP contribution in [0.25, 0.3) is 0 Å². The Morgan fingerprint density at radius 3 is 2.75 bits per heavy atom. The zero-order chi connectivity index (χ0) is 11.4. The van der Waals surface area contributed by atoms with E-state index in [2.05, 4.69) is 4.98 Å². The molecule has 0 saturated heterocycles. The van der Waals surface area contributed by atoms with E-state index < -0.39 is 0 Å². The number of hydrogen-bond donors (Lipinski definition) is 1. The third-order valence-electron chi connectivity index (χ3n) is 2.46. The van der Waals surface area contributed by atoms with Gasteiger partial charge in [0.05, 0.1) is 24.8 Å². The van der Waals surface area contributed by atoms with E-state index in [0.717, 1.165) is 5.69 Å². The van der Waals surface area contributed by atoms with E-state index in [0.29, 0.717) is 6.42 Å². The van der Waals surface area contributed by atoms with Gasteiger partial charge in [-0.25, -0.2) is 4.98 Å². The molecule has 1 unspecified atom stereocenters. The van der Waals surface area contributed by atoms with Gasteiger partial charge < -0.3 is 9.67 Å². The number of alkyl halides is 1. The summed E-state index contributed by atoms with van der Waals surface area (Å²) in [5.41, 5.74) is 1.68. The van der Waals surface area contributed by atoms with Gasteiger partial charge in [-0.2, -0.15) is 0 Å². The second-order valence-electron chi connectivity index (χ2n) is 3.57. The molecule has 2 aromatic rings. The lowest BCUT2D eigenvalue weighted by Crippen LogP contribution is -2.08. The number of imidazole rings is 1. The van der Waals surface area contributed by atoms with E-state index in [4.69, 9.17) is 16.7 Å². The number of benzene rings is 1. The van der Waals surface area contributed by atoms with Crippen LogP contribution in [0, 0.1) is 0 Å². The molecule has 1 aromatic heterocycles. The summed E-state index contributed by atoms with van der Waals surface area (Å²) in [5, 5.41) is 9.10. The van der Waals surface area contributed by atoms with Crippen molar-refractivity contribution >= 4 is 11.6 Å². The van der Waals surface area contributed by atoms with Crippen LogP contribution in [0.5, 0.6) is 0 Å². The van der Waals surface area contributed by atoms with Crippen LogP contribution in [0.3, 0.4) is 0 Å². The highest BCUT2D eigenvalue weighted by Crippen LogP contribution is 2.20.